The van der Waals surface area contributed by atoms with E-state index in [1.807, 2.05) is 12.1 Å². The fourth-order valence-electron chi connectivity index (χ4n) is 2.87. The number of benzene rings is 1. The Bertz CT molecular complexity index is 546. The number of ether oxygens (including phenoxy) is 1. The van der Waals surface area contributed by atoms with Crippen LogP contribution in [0.4, 0.5) is 4.39 Å². The third-order valence-electron chi connectivity index (χ3n) is 4.14. The summed E-state index contributed by atoms with van der Waals surface area (Å²) in [6, 6.07) is 6.61. The average molecular weight is 320 g/mol. The number of likely N-dealkylation sites (tertiary alicyclic amines) is 1. The number of hydrogen-bond acceptors (Lipinski definition) is 3. The van der Waals surface area contributed by atoms with E-state index in [1.54, 1.807) is 0 Å². The fourth-order valence-corrected chi connectivity index (χ4v) is 3.23. The van der Waals surface area contributed by atoms with Crippen molar-refractivity contribution in [1.82, 2.24) is 9.80 Å². The number of thiocarbonyl (C=S) groups is 1. The summed E-state index contributed by atoms with van der Waals surface area (Å²) in [7, 11) is 0. The van der Waals surface area contributed by atoms with Gasteiger partial charge in [-0.1, -0.05) is 24.4 Å². The first-order valence-electron chi connectivity index (χ1n) is 7.83. The largest absolute Gasteiger partial charge is 0.378 e. The molecule has 1 aromatic rings. The van der Waals surface area contributed by atoms with Crippen LogP contribution in [0.15, 0.2) is 30.5 Å². The third kappa shape index (κ3) is 3.65. The van der Waals surface area contributed by atoms with Crippen LogP contribution in [0.3, 0.4) is 0 Å². The van der Waals surface area contributed by atoms with E-state index < -0.39 is 0 Å². The summed E-state index contributed by atoms with van der Waals surface area (Å²) < 4.78 is 18.6. The second-order valence-electron chi connectivity index (χ2n) is 5.70. The highest BCUT2D eigenvalue weighted by atomic mass is 32.1. The molecule has 3 nitrogen and oxygen atoms in total. The van der Waals surface area contributed by atoms with Crippen LogP contribution in [0.5, 0.6) is 0 Å². The molecule has 2 fully saturated rings. The van der Waals surface area contributed by atoms with Crippen LogP contribution < -0.4 is 0 Å². The highest BCUT2D eigenvalue weighted by Crippen LogP contribution is 2.22. The van der Waals surface area contributed by atoms with Crippen LogP contribution >= 0.6 is 12.2 Å². The monoisotopic (exact) mass is 320 g/mol. The van der Waals surface area contributed by atoms with Gasteiger partial charge in [-0.3, -0.25) is 0 Å². The SMILES string of the molecule is Fc1ccc(/C(=C\N2CCCC2)C(=S)N2CCOCC2)cc1. The molecule has 0 aromatic heterocycles. The van der Waals surface area contributed by atoms with Gasteiger partial charge in [-0.05, 0) is 30.5 Å². The maximum atomic E-state index is 13.2. The fraction of sp³-hybridized carbons (Fsp3) is 0.471. The van der Waals surface area contributed by atoms with Crippen LogP contribution in [-0.2, 0) is 4.74 Å². The number of halogens is 1. The van der Waals surface area contributed by atoms with Crippen molar-refractivity contribution in [2.45, 2.75) is 12.8 Å². The molecule has 0 N–H and O–H groups in total. The lowest BCUT2D eigenvalue weighted by atomic mass is 10.1. The van der Waals surface area contributed by atoms with Crippen LogP contribution in [0.2, 0.25) is 0 Å². The average Bonchev–Trinajstić information content (AvgIpc) is 3.07. The topological polar surface area (TPSA) is 15.7 Å². The maximum Gasteiger partial charge on any atom is 0.123 e. The molecule has 0 unspecified atom stereocenters. The Balaban J connectivity index is 1.87. The smallest absolute Gasteiger partial charge is 0.123 e. The van der Waals surface area contributed by atoms with Gasteiger partial charge >= 0.3 is 0 Å². The van der Waals surface area contributed by atoms with Gasteiger partial charge in [-0.2, -0.15) is 0 Å². The van der Waals surface area contributed by atoms with E-state index in [9.17, 15) is 4.39 Å². The number of hydrogen-bond donors (Lipinski definition) is 0. The highest BCUT2D eigenvalue weighted by molar-refractivity contribution is 7.81. The lowest BCUT2D eigenvalue weighted by Crippen LogP contribution is -2.40. The molecular formula is C17H21FN2OS. The molecule has 0 spiro atoms. The molecule has 2 heterocycles. The zero-order chi connectivity index (χ0) is 15.4. The van der Waals surface area contributed by atoms with Gasteiger partial charge in [0.15, 0.2) is 0 Å². The Hall–Kier alpha value is -1.46. The highest BCUT2D eigenvalue weighted by Gasteiger charge is 2.20. The first-order valence-corrected chi connectivity index (χ1v) is 8.24. The van der Waals surface area contributed by atoms with Crippen molar-refractivity contribution in [3.05, 3.63) is 41.8 Å². The minimum Gasteiger partial charge on any atom is -0.378 e. The van der Waals surface area contributed by atoms with Gasteiger partial charge in [-0.15, -0.1) is 0 Å². The minimum absolute atomic E-state index is 0.221. The Kier molecular flexibility index (Phi) is 5.05. The molecule has 0 aliphatic carbocycles. The Morgan fingerprint density at radius 1 is 1.05 bits per heavy atom. The van der Waals surface area contributed by atoms with E-state index >= 15 is 0 Å². The summed E-state index contributed by atoms with van der Waals surface area (Å²) in [5, 5.41) is 0. The molecule has 2 aliphatic heterocycles. The molecule has 22 heavy (non-hydrogen) atoms. The first kappa shape index (κ1) is 15.4. The van der Waals surface area contributed by atoms with Gasteiger partial charge in [0.1, 0.15) is 10.8 Å². The summed E-state index contributed by atoms with van der Waals surface area (Å²) in [5.74, 6) is -0.221. The van der Waals surface area contributed by atoms with Crippen LogP contribution in [0.1, 0.15) is 18.4 Å². The van der Waals surface area contributed by atoms with Gasteiger partial charge in [0.25, 0.3) is 0 Å². The summed E-state index contributed by atoms with van der Waals surface area (Å²) in [4.78, 5) is 5.33. The van der Waals surface area contributed by atoms with Crippen molar-refractivity contribution < 1.29 is 9.13 Å². The van der Waals surface area contributed by atoms with Gasteiger partial charge in [0, 0.05) is 38.0 Å². The third-order valence-corrected chi connectivity index (χ3v) is 4.61. The molecule has 0 bridgehead atoms. The molecule has 2 saturated heterocycles. The molecule has 3 rings (SSSR count). The van der Waals surface area contributed by atoms with Crippen molar-refractivity contribution in [2.24, 2.45) is 0 Å². The van der Waals surface area contributed by atoms with Gasteiger partial charge < -0.3 is 14.5 Å². The lowest BCUT2D eigenvalue weighted by Gasteiger charge is -2.31. The number of nitrogens with zero attached hydrogens (tertiary/aromatic N) is 2. The minimum atomic E-state index is -0.221. The van der Waals surface area contributed by atoms with Crippen molar-refractivity contribution in [2.75, 3.05) is 39.4 Å². The van der Waals surface area contributed by atoms with Gasteiger partial charge in [0.2, 0.25) is 0 Å². The molecule has 0 amide bonds. The van der Waals surface area contributed by atoms with Crippen molar-refractivity contribution in [3.8, 4) is 0 Å². The standard InChI is InChI=1S/C17H21FN2OS/c18-15-5-3-14(4-6-15)16(13-19-7-1-2-8-19)17(22)20-9-11-21-12-10-20/h3-6,13H,1-2,7-12H2/b16-13+. The molecule has 0 radical (unpaired) electrons. The van der Waals surface area contributed by atoms with Crippen LogP contribution in [0.25, 0.3) is 5.57 Å². The Morgan fingerprint density at radius 3 is 2.32 bits per heavy atom. The normalized spacial score (nSPS) is 19.6. The van der Waals surface area contributed by atoms with Crippen molar-refractivity contribution >= 4 is 22.8 Å². The van der Waals surface area contributed by atoms with Crippen LogP contribution in [-0.4, -0.2) is 54.2 Å². The molecule has 2 aliphatic rings. The zero-order valence-electron chi connectivity index (χ0n) is 12.6. The van der Waals surface area contributed by atoms with Crippen LogP contribution in [0, 0.1) is 5.82 Å². The molecular weight excluding hydrogens is 299 g/mol. The van der Waals surface area contributed by atoms with E-state index in [-0.39, 0.29) is 5.82 Å². The van der Waals surface area contributed by atoms with Crippen molar-refractivity contribution in [1.29, 1.82) is 0 Å². The second-order valence-corrected chi connectivity index (χ2v) is 6.08. The molecule has 118 valence electrons. The van der Waals surface area contributed by atoms with E-state index in [1.165, 1.54) is 25.0 Å². The maximum absolute atomic E-state index is 13.2. The molecule has 5 heteroatoms. The summed E-state index contributed by atoms with van der Waals surface area (Å²) in [5.41, 5.74) is 1.99. The molecule has 1 aromatic carbocycles. The van der Waals surface area contributed by atoms with E-state index in [0.717, 1.165) is 42.3 Å². The Morgan fingerprint density at radius 2 is 1.68 bits per heavy atom. The quantitative estimate of drug-likeness (QED) is 0.628. The predicted molar refractivity (Wildman–Crippen MR) is 90.2 cm³/mol. The van der Waals surface area contributed by atoms with Crippen molar-refractivity contribution in [3.63, 3.8) is 0 Å². The van der Waals surface area contributed by atoms with Gasteiger partial charge in [-0.25, -0.2) is 4.39 Å². The van der Waals surface area contributed by atoms with Gasteiger partial charge in [0.05, 0.1) is 13.2 Å². The molecule has 0 atom stereocenters. The summed E-state index contributed by atoms with van der Waals surface area (Å²) in [6.07, 6.45) is 4.59. The first-order chi connectivity index (χ1) is 10.7. The molecule has 0 saturated carbocycles. The lowest BCUT2D eigenvalue weighted by molar-refractivity contribution is 0.0696. The summed E-state index contributed by atoms with van der Waals surface area (Å²) in [6.45, 7) is 5.18. The zero-order valence-corrected chi connectivity index (χ0v) is 13.4. The number of morpholine rings is 1. The second kappa shape index (κ2) is 7.20. The Labute approximate surface area is 136 Å². The summed E-state index contributed by atoms with van der Waals surface area (Å²) >= 11 is 5.73. The predicted octanol–water partition coefficient (Wildman–Crippen LogP) is 2.92. The number of rotatable bonds is 3. The van der Waals surface area contributed by atoms with E-state index in [2.05, 4.69) is 16.0 Å². The van der Waals surface area contributed by atoms with E-state index in [4.69, 9.17) is 17.0 Å². The van der Waals surface area contributed by atoms with E-state index in [0.29, 0.717) is 13.2 Å².